The largest absolute Gasteiger partial charge is 0.469 e. The molecule has 9 heteroatoms. The number of carbonyl (C=O) groups is 3. The third-order valence-corrected chi connectivity index (χ3v) is 16.8. The molecule has 49 heavy (non-hydrogen) atoms. The molecule has 1 aliphatic heterocycles. The monoisotopic (exact) mass is 712 g/mol. The Bertz CT molecular complexity index is 1440. The molecule has 5 fully saturated rings. The maximum atomic E-state index is 13.5. The number of thioether (sulfide) groups is 1. The molecule has 6 rings (SSSR count). The molecule has 272 valence electrons. The molecule has 0 aromatic carbocycles. The standard InChI is InChI=1S/C40H60N2O5S2/c1-35(2)19-21-40(33(45)46-8)22-20-38(6)26(27(40)24-35)13-14-29-37(5)17-16-30(36(3,4)28(37)15-18-39(29,38)7)41-47-32(44)12-10-9-11-23-42-31(43)25-49-34(42)48/h13,27-29H,9-12,14-25H2,1-8H3/b41-30-/t27-,28+,29+,37+,38-,39-,40+/m1/s1. The molecule has 0 N–H and O–H groups in total. The molecule has 0 aromatic heterocycles. The molecule has 0 aromatic rings. The maximum absolute atomic E-state index is 13.5. The molecule has 1 heterocycles. The fourth-order valence-corrected chi connectivity index (χ4v) is 13.4. The third kappa shape index (κ3) is 5.96. The van der Waals surface area contributed by atoms with Crippen molar-refractivity contribution in [2.45, 2.75) is 138 Å². The van der Waals surface area contributed by atoms with Gasteiger partial charge < -0.3 is 9.57 Å². The predicted octanol–water partition coefficient (Wildman–Crippen LogP) is 9.28. The second-order valence-corrected chi connectivity index (χ2v) is 20.1. The molecule has 1 saturated heterocycles. The van der Waals surface area contributed by atoms with Gasteiger partial charge in [-0.25, -0.2) is 4.79 Å². The smallest absolute Gasteiger partial charge is 0.335 e. The lowest BCUT2D eigenvalue weighted by atomic mass is 9.33. The highest BCUT2D eigenvalue weighted by molar-refractivity contribution is 8.23. The van der Waals surface area contributed by atoms with Gasteiger partial charge in [0.2, 0.25) is 5.91 Å². The zero-order valence-corrected chi connectivity index (χ0v) is 33.0. The fourth-order valence-electron chi connectivity index (χ4n) is 12.3. The van der Waals surface area contributed by atoms with E-state index in [1.807, 2.05) is 0 Å². The topological polar surface area (TPSA) is 85.3 Å². The molecule has 4 saturated carbocycles. The van der Waals surface area contributed by atoms with Crippen molar-refractivity contribution in [2.24, 2.45) is 55.4 Å². The number of rotatable bonds is 8. The SMILES string of the molecule is COC(=O)[C@]12CCC(C)(C)C[C@@H]1C1=CC[C@H]3[C@@]4(C)CC/C(=N/OC(=O)CCCCCN5C(=O)CSC5=S)C(C)(C)[C@@H]4CC[C@@]3(C)[C@]1(C)CC2. The minimum Gasteiger partial charge on any atom is -0.469 e. The summed E-state index contributed by atoms with van der Waals surface area (Å²) in [5.41, 5.74) is 2.61. The van der Waals surface area contributed by atoms with Crippen LogP contribution in [0, 0.1) is 50.2 Å². The summed E-state index contributed by atoms with van der Waals surface area (Å²) >= 11 is 6.68. The summed E-state index contributed by atoms with van der Waals surface area (Å²) in [6.07, 6.45) is 15.6. The molecule has 0 unspecified atom stereocenters. The second kappa shape index (κ2) is 13.0. The zero-order chi connectivity index (χ0) is 35.6. The number of nitrogens with zero attached hydrogens (tertiary/aromatic N) is 2. The van der Waals surface area contributed by atoms with Gasteiger partial charge in [0.15, 0.2) is 0 Å². The number of oxime groups is 1. The second-order valence-electron chi connectivity index (χ2n) is 18.5. The van der Waals surface area contributed by atoms with Crippen molar-refractivity contribution in [3.63, 3.8) is 0 Å². The van der Waals surface area contributed by atoms with E-state index in [-0.39, 0.29) is 56.3 Å². The lowest BCUT2D eigenvalue weighted by molar-refractivity contribution is -0.181. The minimum absolute atomic E-state index is 0.0139. The van der Waals surface area contributed by atoms with E-state index in [1.54, 1.807) is 17.6 Å². The summed E-state index contributed by atoms with van der Waals surface area (Å²) < 4.78 is 6.21. The van der Waals surface area contributed by atoms with Crippen LogP contribution < -0.4 is 0 Å². The quantitative estimate of drug-likeness (QED) is 0.0620. The summed E-state index contributed by atoms with van der Waals surface area (Å²) in [5.74, 6) is 1.52. The first-order valence-corrected chi connectivity index (χ1v) is 20.4. The normalized spacial score (nSPS) is 40.1. The average molecular weight is 713 g/mol. The van der Waals surface area contributed by atoms with Gasteiger partial charge in [0.1, 0.15) is 4.32 Å². The van der Waals surface area contributed by atoms with E-state index in [4.69, 9.17) is 21.8 Å². The lowest BCUT2D eigenvalue weighted by Gasteiger charge is -2.70. The highest BCUT2D eigenvalue weighted by atomic mass is 32.2. The Kier molecular flexibility index (Phi) is 9.85. The van der Waals surface area contributed by atoms with Crippen LogP contribution in [-0.4, -0.2) is 52.2 Å². The number of carbonyl (C=O) groups excluding carboxylic acids is 3. The number of thiocarbonyl (C=S) groups is 1. The van der Waals surface area contributed by atoms with E-state index >= 15 is 0 Å². The molecule has 5 aliphatic carbocycles. The first kappa shape index (κ1) is 37.0. The van der Waals surface area contributed by atoms with E-state index in [2.05, 4.69) is 59.7 Å². The van der Waals surface area contributed by atoms with Crippen LogP contribution in [-0.2, 0) is 24.0 Å². The molecule has 7 atom stereocenters. The Morgan fingerprint density at radius 3 is 2.41 bits per heavy atom. The van der Waals surface area contributed by atoms with Gasteiger partial charge in [-0.15, -0.1) is 0 Å². The Morgan fingerprint density at radius 1 is 0.980 bits per heavy atom. The van der Waals surface area contributed by atoms with Crippen LogP contribution in [0.5, 0.6) is 0 Å². The van der Waals surface area contributed by atoms with Crippen molar-refractivity contribution < 1.29 is 24.0 Å². The molecular weight excluding hydrogens is 653 g/mol. The van der Waals surface area contributed by atoms with Gasteiger partial charge in [0, 0.05) is 18.4 Å². The summed E-state index contributed by atoms with van der Waals surface area (Å²) in [6, 6.07) is 0. The van der Waals surface area contributed by atoms with Crippen molar-refractivity contribution in [3.8, 4) is 0 Å². The van der Waals surface area contributed by atoms with Crippen LogP contribution in [0.1, 0.15) is 138 Å². The number of unbranched alkanes of at least 4 members (excludes halogenated alkanes) is 2. The molecule has 7 nitrogen and oxygen atoms in total. The van der Waals surface area contributed by atoms with Crippen LogP contribution in [0.4, 0.5) is 0 Å². The first-order chi connectivity index (χ1) is 22.9. The number of hydrogen-bond donors (Lipinski definition) is 0. The van der Waals surface area contributed by atoms with Gasteiger partial charge in [0.25, 0.3) is 0 Å². The van der Waals surface area contributed by atoms with Crippen molar-refractivity contribution in [2.75, 3.05) is 19.4 Å². The van der Waals surface area contributed by atoms with Crippen LogP contribution in [0.25, 0.3) is 0 Å². The van der Waals surface area contributed by atoms with Crippen LogP contribution in [0.3, 0.4) is 0 Å². The van der Waals surface area contributed by atoms with Crippen LogP contribution in [0.2, 0.25) is 0 Å². The number of hydrogen-bond acceptors (Lipinski definition) is 8. The van der Waals surface area contributed by atoms with Gasteiger partial charge in [-0.3, -0.25) is 14.5 Å². The van der Waals surface area contributed by atoms with Crippen LogP contribution >= 0.6 is 24.0 Å². The fraction of sp³-hybridized carbons (Fsp3) is 0.825. The minimum atomic E-state index is -0.378. The summed E-state index contributed by atoms with van der Waals surface area (Å²) in [7, 11) is 1.58. The number of ether oxygens (including phenoxy) is 1. The highest BCUT2D eigenvalue weighted by Gasteiger charge is 2.69. The van der Waals surface area contributed by atoms with E-state index in [0.29, 0.717) is 41.3 Å². The molecular formula is C40H60N2O5S2. The molecule has 0 bridgehead atoms. The van der Waals surface area contributed by atoms with E-state index in [9.17, 15) is 14.4 Å². The van der Waals surface area contributed by atoms with Crippen molar-refractivity contribution in [1.29, 1.82) is 0 Å². The van der Waals surface area contributed by atoms with E-state index in [1.165, 1.54) is 11.8 Å². The first-order valence-electron chi connectivity index (χ1n) is 19.0. The zero-order valence-electron chi connectivity index (χ0n) is 31.4. The van der Waals surface area contributed by atoms with Gasteiger partial charge in [-0.2, -0.15) is 0 Å². The van der Waals surface area contributed by atoms with E-state index in [0.717, 1.165) is 82.8 Å². The van der Waals surface area contributed by atoms with Crippen molar-refractivity contribution >= 4 is 51.9 Å². The maximum Gasteiger partial charge on any atom is 0.335 e. The van der Waals surface area contributed by atoms with Crippen molar-refractivity contribution in [3.05, 3.63) is 11.6 Å². The molecule has 1 amide bonds. The number of methoxy groups -OCH3 is 1. The van der Waals surface area contributed by atoms with Gasteiger partial charge >= 0.3 is 11.9 Å². The summed E-state index contributed by atoms with van der Waals surface area (Å²) in [6.45, 7) is 17.8. The molecule has 6 aliphatic rings. The average Bonchev–Trinajstić information content (AvgIpc) is 3.36. The number of fused-ring (bicyclic) bond motifs is 7. The summed E-state index contributed by atoms with van der Waals surface area (Å²) in [5, 5.41) is 4.57. The van der Waals surface area contributed by atoms with Gasteiger partial charge in [-0.05, 0) is 116 Å². The Balaban J connectivity index is 1.14. The Morgan fingerprint density at radius 2 is 1.71 bits per heavy atom. The van der Waals surface area contributed by atoms with Crippen LogP contribution in [0.15, 0.2) is 16.8 Å². The number of amides is 1. The Labute approximate surface area is 304 Å². The van der Waals surface area contributed by atoms with Gasteiger partial charge in [-0.1, -0.05) is 95.7 Å². The number of allylic oxidation sites excluding steroid dienone is 2. The van der Waals surface area contributed by atoms with Crippen molar-refractivity contribution in [1.82, 2.24) is 4.90 Å². The Hall–Kier alpha value is -1.74. The predicted molar refractivity (Wildman–Crippen MR) is 200 cm³/mol. The number of esters is 1. The van der Waals surface area contributed by atoms with E-state index < -0.39 is 0 Å². The highest BCUT2D eigenvalue weighted by Crippen LogP contribution is 2.75. The van der Waals surface area contributed by atoms with Gasteiger partial charge in [0.05, 0.1) is 24.0 Å². The molecule has 0 spiro atoms. The lowest BCUT2D eigenvalue weighted by Crippen LogP contribution is -2.64. The molecule has 0 radical (unpaired) electrons. The summed E-state index contributed by atoms with van der Waals surface area (Å²) in [4.78, 5) is 45.5. The third-order valence-electron chi connectivity index (χ3n) is 15.4.